The fourth-order valence-corrected chi connectivity index (χ4v) is 1.41. The maximum atomic E-state index is 11.6. The lowest BCUT2D eigenvalue weighted by molar-refractivity contribution is 0.0953. The molecule has 0 aliphatic rings. The highest BCUT2D eigenvalue weighted by molar-refractivity contribution is 6.36. The van der Waals surface area contributed by atoms with Crippen LogP contribution in [-0.2, 0) is 0 Å². The zero-order valence-corrected chi connectivity index (χ0v) is 9.47. The van der Waals surface area contributed by atoms with Gasteiger partial charge in [-0.25, -0.2) is 0 Å². The molecule has 1 aromatic carbocycles. The minimum Gasteiger partial charge on any atom is -0.398 e. The summed E-state index contributed by atoms with van der Waals surface area (Å²) in [4.78, 5) is 11.6. The number of halogens is 1. The summed E-state index contributed by atoms with van der Waals surface area (Å²) in [5.74, 6) is -0.166. The van der Waals surface area contributed by atoms with Crippen molar-refractivity contribution in [3.05, 3.63) is 28.8 Å². The van der Waals surface area contributed by atoms with E-state index in [1.54, 1.807) is 18.2 Å². The number of amides is 1. The van der Waals surface area contributed by atoms with Crippen molar-refractivity contribution in [1.82, 2.24) is 5.32 Å². The highest BCUT2D eigenvalue weighted by Crippen LogP contribution is 2.22. The van der Waals surface area contributed by atoms with Gasteiger partial charge in [-0.15, -0.1) is 0 Å². The average molecular weight is 227 g/mol. The van der Waals surface area contributed by atoms with Crippen molar-refractivity contribution in [1.29, 1.82) is 0 Å². The van der Waals surface area contributed by atoms with Crippen LogP contribution in [0.15, 0.2) is 18.2 Å². The lowest BCUT2D eigenvalue weighted by Crippen LogP contribution is -2.24. The molecule has 3 nitrogen and oxygen atoms in total. The summed E-state index contributed by atoms with van der Waals surface area (Å²) in [7, 11) is 0. The number of benzene rings is 1. The minimum absolute atomic E-state index is 0.166. The van der Waals surface area contributed by atoms with E-state index in [9.17, 15) is 4.79 Å². The Hall–Kier alpha value is -1.22. The topological polar surface area (TPSA) is 55.1 Å². The summed E-state index contributed by atoms with van der Waals surface area (Å²) in [5, 5.41) is 3.11. The SMILES string of the molecule is CCCCNC(=O)c1cccc(N)c1Cl. The number of unbranched alkanes of at least 4 members (excludes halogenated alkanes) is 1. The van der Waals surface area contributed by atoms with E-state index in [2.05, 4.69) is 12.2 Å². The van der Waals surface area contributed by atoms with E-state index in [-0.39, 0.29) is 5.91 Å². The molecule has 0 spiro atoms. The van der Waals surface area contributed by atoms with Crippen molar-refractivity contribution >= 4 is 23.2 Å². The Balaban J connectivity index is 2.69. The van der Waals surface area contributed by atoms with Crippen LogP contribution in [0.25, 0.3) is 0 Å². The fraction of sp³-hybridized carbons (Fsp3) is 0.364. The van der Waals surface area contributed by atoms with Gasteiger partial charge in [0.2, 0.25) is 0 Å². The Morgan fingerprint density at radius 3 is 2.93 bits per heavy atom. The Morgan fingerprint density at radius 1 is 1.53 bits per heavy atom. The van der Waals surface area contributed by atoms with Crippen LogP contribution in [0.5, 0.6) is 0 Å². The molecule has 1 aromatic rings. The molecule has 1 rings (SSSR count). The quantitative estimate of drug-likeness (QED) is 0.612. The first-order valence-electron chi connectivity index (χ1n) is 4.99. The highest BCUT2D eigenvalue weighted by Gasteiger charge is 2.10. The molecule has 0 aliphatic carbocycles. The second-order valence-electron chi connectivity index (χ2n) is 3.32. The molecule has 0 heterocycles. The van der Waals surface area contributed by atoms with Crippen molar-refractivity contribution in [3.8, 4) is 0 Å². The summed E-state index contributed by atoms with van der Waals surface area (Å²) >= 11 is 5.92. The number of carbonyl (C=O) groups is 1. The third-order valence-electron chi connectivity index (χ3n) is 2.09. The maximum Gasteiger partial charge on any atom is 0.252 e. The van der Waals surface area contributed by atoms with Crippen molar-refractivity contribution in [3.63, 3.8) is 0 Å². The van der Waals surface area contributed by atoms with E-state index in [0.29, 0.717) is 22.8 Å². The van der Waals surface area contributed by atoms with Crippen molar-refractivity contribution < 1.29 is 4.79 Å². The number of carbonyl (C=O) groups excluding carboxylic acids is 1. The lowest BCUT2D eigenvalue weighted by atomic mass is 10.2. The van der Waals surface area contributed by atoms with E-state index in [1.165, 1.54) is 0 Å². The molecular weight excluding hydrogens is 212 g/mol. The van der Waals surface area contributed by atoms with Crippen LogP contribution in [0.1, 0.15) is 30.1 Å². The van der Waals surface area contributed by atoms with Gasteiger partial charge in [-0.05, 0) is 18.6 Å². The van der Waals surface area contributed by atoms with Crippen LogP contribution in [0.2, 0.25) is 5.02 Å². The summed E-state index contributed by atoms with van der Waals surface area (Å²) in [5.41, 5.74) is 6.47. The molecule has 15 heavy (non-hydrogen) atoms. The predicted octanol–water partition coefficient (Wildman–Crippen LogP) is 2.45. The van der Waals surface area contributed by atoms with Gasteiger partial charge in [-0.2, -0.15) is 0 Å². The van der Waals surface area contributed by atoms with E-state index < -0.39 is 0 Å². The molecule has 0 aliphatic heterocycles. The van der Waals surface area contributed by atoms with Gasteiger partial charge in [-0.1, -0.05) is 31.0 Å². The molecule has 82 valence electrons. The summed E-state index contributed by atoms with van der Waals surface area (Å²) < 4.78 is 0. The third kappa shape index (κ3) is 3.13. The first kappa shape index (κ1) is 11.9. The standard InChI is InChI=1S/C11H15ClN2O/c1-2-3-7-14-11(15)8-5-4-6-9(13)10(8)12/h4-6H,2-3,7,13H2,1H3,(H,14,15). The van der Waals surface area contributed by atoms with Gasteiger partial charge in [0.1, 0.15) is 0 Å². The molecule has 3 N–H and O–H groups in total. The molecule has 4 heteroatoms. The highest BCUT2D eigenvalue weighted by atomic mass is 35.5. The first-order chi connectivity index (χ1) is 7.16. The number of nitrogen functional groups attached to an aromatic ring is 1. The van der Waals surface area contributed by atoms with E-state index >= 15 is 0 Å². The number of nitrogens with two attached hydrogens (primary N) is 1. The Morgan fingerprint density at radius 2 is 2.27 bits per heavy atom. The summed E-state index contributed by atoms with van der Waals surface area (Å²) in [6.07, 6.45) is 2.01. The van der Waals surface area contributed by atoms with E-state index in [4.69, 9.17) is 17.3 Å². The van der Waals surface area contributed by atoms with Gasteiger partial charge < -0.3 is 11.1 Å². The van der Waals surface area contributed by atoms with E-state index in [0.717, 1.165) is 12.8 Å². The largest absolute Gasteiger partial charge is 0.398 e. The molecule has 0 atom stereocenters. The monoisotopic (exact) mass is 226 g/mol. The predicted molar refractivity (Wildman–Crippen MR) is 63.1 cm³/mol. The molecule has 0 bridgehead atoms. The number of rotatable bonds is 4. The first-order valence-corrected chi connectivity index (χ1v) is 5.36. The average Bonchev–Trinajstić information content (AvgIpc) is 2.22. The van der Waals surface area contributed by atoms with Gasteiger partial charge in [0.15, 0.2) is 0 Å². The van der Waals surface area contributed by atoms with Crippen LogP contribution >= 0.6 is 11.6 Å². The summed E-state index contributed by atoms with van der Waals surface area (Å²) in [6.45, 7) is 2.74. The second-order valence-corrected chi connectivity index (χ2v) is 3.70. The molecule has 0 saturated heterocycles. The van der Waals surface area contributed by atoms with E-state index in [1.807, 2.05) is 0 Å². The zero-order chi connectivity index (χ0) is 11.3. The van der Waals surface area contributed by atoms with Gasteiger partial charge in [0.05, 0.1) is 16.3 Å². The number of nitrogens with one attached hydrogen (secondary N) is 1. The normalized spacial score (nSPS) is 10.0. The van der Waals surface area contributed by atoms with Crippen LogP contribution in [0.4, 0.5) is 5.69 Å². The van der Waals surface area contributed by atoms with Crippen LogP contribution < -0.4 is 11.1 Å². The van der Waals surface area contributed by atoms with Crippen molar-refractivity contribution in [2.45, 2.75) is 19.8 Å². The van der Waals surface area contributed by atoms with Crippen LogP contribution in [0, 0.1) is 0 Å². The maximum absolute atomic E-state index is 11.6. The lowest BCUT2D eigenvalue weighted by Gasteiger charge is -2.07. The van der Waals surface area contributed by atoms with Gasteiger partial charge >= 0.3 is 0 Å². The Kier molecular flexibility index (Phi) is 4.43. The smallest absolute Gasteiger partial charge is 0.252 e. The van der Waals surface area contributed by atoms with Crippen LogP contribution in [-0.4, -0.2) is 12.5 Å². The third-order valence-corrected chi connectivity index (χ3v) is 2.51. The van der Waals surface area contributed by atoms with Gasteiger partial charge in [0.25, 0.3) is 5.91 Å². The Labute approximate surface area is 94.6 Å². The second kappa shape index (κ2) is 5.61. The number of hydrogen-bond donors (Lipinski definition) is 2. The number of hydrogen-bond acceptors (Lipinski definition) is 2. The van der Waals surface area contributed by atoms with Crippen molar-refractivity contribution in [2.24, 2.45) is 0 Å². The fourth-order valence-electron chi connectivity index (χ4n) is 1.20. The Bertz CT molecular complexity index is 352. The summed E-state index contributed by atoms with van der Waals surface area (Å²) in [6, 6.07) is 5.06. The molecular formula is C11H15ClN2O. The molecule has 1 amide bonds. The van der Waals surface area contributed by atoms with Gasteiger partial charge in [-0.3, -0.25) is 4.79 Å². The molecule has 0 aromatic heterocycles. The van der Waals surface area contributed by atoms with Gasteiger partial charge in [0, 0.05) is 6.54 Å². The number of anilines is 1. The van der Waals surface area contributed by atoms with Crippen molar-refractivity contribution in [2.75, 3.05) is 12.3 Å². The zero-order valence-electron chi connectivity index (χ0n) is 8.72. The molecule has 0 unspecified atom stereocenters. The molecule has 0 radical (unpaired) electrons. The van der Waals surface area contributed by atoms with Crippen LogP contribution in [0.3, 0.4) is 0 Å². The molecule has 0 fully saturated rings. The molecule has 0 saturated carbocycles. The minimum atomic E-state index is -0.166.